The van der Waals surface area contributed by atoms with Crippen molar-refractivity contribution >= 4 is 54.4 Å². The van der Waals surface area contributed by atoms with Gasteiger partial charge in [0.05, 0.1) is 34.0 Å². The van der Waals surface area contributed by atoms with Gasteiger partial charge in [-0.1, -0.05) is 164 Å². The predicted molar refractivity (Wildman–Crippen MR) is 256 cm³/mol. The Morgan fingerprint density at radius 3 is 1.28 bits per heavy atom. The summed E-state index contributed by atoms with van der Waals surface area (Å²) in [6.07, 6.45) is 1.92. The lowest BCUT2D eigenvalue weighted by atomic mass is 9.94. The van der Waals surface area contributed by atoms with Crippen molar-refractivity contribution in [1.29, 1.82) is 0 Å². The number of rotatable bonds is 6. The van der Waals surface area contributed by atoms with Gasteiger partial charge in [0.25, 0.3) is 0 Å². The van der Waals surface area contributed by atoms with Crippen LogP contribution in [0.25, 0.3) is 116 Å². The van der Waals surface area contributed by atoms with E-state index in [2.05, 4.69) is 223 Å². The minimum Gasteiger partial charge on any atom is -0.309 e. The van der Waals surface area contributed by atoms with E-state index in [0.29, 0.717) is 0 Å². The molecule has 0 fully saturated rings. The van der Waals surface area contributed by atoms with Crippen LogP contribution >= 0.6 is 0 Å². The average molecular weight is 776 g/mol. The third-order valence-corrected chi connectivity index (χ3v) is 12.2. The molecule has 0 radical (unpaired) electrons. The van der Waals surface area contributed by atoms with Crippen LogP contribution in [0.3, 0.4) is 0 Å². The van der Waals surface area contributed by atoms with E-state index in [1.807, 2.05) is 6.20 Å². The van der Waals surface area contributed by atoms with Crippen LogP contribution in [0, 0.1) is 0 Å². The Bertz CT molecular complexity index is 3620. The molecule has 10 aromatic carbocycles. The van der Waals surface area contributed by atoms with Gasteiger partial charge >= 0.3 is 0 Å². The highest BCUT2D eigenvalue weighted by molar-refractivity contribution is 6.23. The maximum atomic E-state index is 5.26. The first kappa shape index (κ1) is 34.9. The van der Waals surface area contributed by atoms with Crippen LogP contribution in [0.2, 0.25) is 0 Å². The second-order valence-electron chi connectivity index (χ2n) is 15.8. The molecule has 61 heavy (non-hydrogen) atoms. The molecule has 0 aliphatic carbocycles. The van der Waals surface area contributed by atoms with Gasteiger partial charge in [-0.05, 0) is 110 Å². The van der Waals surface area contributed by atoms with E-state index in [-0.39, 0.29) is 0 Å². The summed E-state index contributed by atoms with van der Waals surface area (Å²) in [6.45, 7) is 0. The third-order valence-electron chi connectivity index (χ3n) is 12.2. The molecular weight excluding hydrogens is 739 g/mol. The minimum absolute atomic E-state index is 0.861. The van der Waals surface area contributed by atoms with Crippen LogP contribution in [0.4, 0.5) is 0 Å². The number of para-hydroxylation sites is 2. The molecular formula is C58H37N3. The maximum absolute atomic E-state index is 5.26. The van der Waals surface area contributed by atoms with Gasteiger partial charge in [0.1, 0.15) is 0 Å². The van der Waals surface area contributed by atoms with Crippen LogP contribution in [0.15, 0.2) is 225 Å². The molecule has 0 aliphatic rings. The maximum Gasteiger partial charge on any atom is 0.0979 e. The van der Waals surface area contributed by atoms with E-state index in [9.17, 15) is 0 Å². The fourth-order valence-electron chi connectivity index (χ4n) is 9.26. The van der Waals surface area contributed by atoms with Crippen LogP contribution in [0.5, 0.6) is 0 Å². The normalized spacial score (nSPS) is 11.6. The topological polar surface area (TPSA) is 30.7 Å². The number of benzene rings is 10. The van der Waals surface area contributed by atoms with Crippen molar-refractivity contribution in [2.45, 2.75) is 0 Å². The molecule has 0 amide bonds. The zero-order valence-electron chi connectivity index (χ0n) is 33.2. The lowest BCUT2D eigenvalue weighted by Crippen LogP contribution is -1.92. The Kier molecular flexibility index (Phi) is 8.17. The molecule has 0 atom stereocenters. The fraction of sp³-hybridized carbons (Fsp3) is 0. The highest BCUT2D eigenvalue weighted by Gasteiger charge is 2.15. The van der Waals surface area contributed by atoms with E-state index < -0.39 is 0 Å². The minimum atomic E-state index is 0.861. The third kappa shape index (κ3) is 5.98. The van der Waals surface area contributed by atoms with Crippen molar-refractivity contribution in [3.05, 3.63) is 225 Å². The monoisotopic (exact) mass is 775 g/mol. The molecule has 0 bridgehead atoms. The Labute approximate surface area is 353 Å². The molecule has 284 valence electrons. The second-order valence-corrected chi connectivity index (χ2v) is 15.8. The smallest absolute Gasteiger partial charge is 0.0979 e. The van der Waals surface area contributed by atoms with E-state index in [1.54, 1.807) is 0 Å². The zero-order chi connectivity index (χ0) is 40.3. The van der Waals surface area contributed by atoms with Crippen molar-refractivity contribution in [2.75, 3.05) is 0 Å². The summed E-state index contributed by atoms with van der Waals surface area (Å²) in [4.78, 5) is 10.3. The Morgan fingerprint density at radius 2 is 0.705 bits per heavy atom. The second kappa shape index (κ2) is 14.3. The first-order chi connectivity index (χ1) is 30.2. The largest absolute Gasteiger partial charge is 0.309 e. The number of hydrogen-bond donors (Lipinski definition) is 0. The first-order valence-electron chi connectivity index (χ1n) is 20.8. The van der Waals surface area contributed by atoms with Crippen LogP contribution in [-0.2, 0) is 0 Å². The Hall–Kier alpha value is -8.14. The van der Waals surface area contributed by atoms with Gasteiger partial charge < -0.3 is 4.57 Å². The van der Waals surface area contributed by atoms with Gasteiger partial charge in [-0.2, -0.15) is 0 Å². The predicted octanol–water partition coefficient (Wildman–Crippen LogP) is 15.4. The summed E-state index contributed by atoms with van der Waals surface area (Å²) in [7, 11) is 0. The van der Waals surface area contributed by atoms with Gasteiger partial charge in [0.2, 0.25) is 0 Å². The lowest BCUT2D eigenvalue weighted by molar-refractivity contribution is 1.18. The summed E-state index contributed by atoms with van der Waals surface area (Å²) in [6, 6.07) is 78.5. The number of fused-ring (bicyclic) bond motifs is 9. The molecule has 0 saturated heterocycles. The van der Waals surface area contributed by atoms with E-state index in [4.69, 9.17) is 9.97 Å². The zero-order valence-corrected chi connectivity index (χ0v) is 33.2. The number of hydrogen-bond acceptors (Lipinski definition) is 2. The SMILES string of the molecule is c1ccc(-n2c3ccccc3c3cc(-c4cccc(-c5cccc(-c6cccc(-c7cccc(-c8cnc9c%10ccccc%10c%10ccccc%10c9n8)c7)c6)c5)c4)ccc32)cc1. The van der Waals surface area contributed by atoms with Crippen molar-refractivity contribution in [1.82, 2.24) is 14.5 Å². The Balaban J connectivity index is 0.870. The molecule has 12 rings (SSSR count). The molecule has 0 N–H and O–H groups in total. The van der Waals surface area contributed by atoms with Gasteiger partial charge in [-0.15, -0.1) is 0 Å². The van der Waals surface area contributed by atoms with Gasteiger partial charge in [-0.3, -0.25) is 4.98 Å². The lowest BCUT2D eigenvalue weighted by Gasteiger charge is -2.12. The van der Waals surface area contributed by atoms with Gasteiger partial charge in [0.15, 0.2) is 0 Å². The molecule has 0 unspecified atom stereocenters. The van der Waals surface area contributed by atoms with Crippen molar-refractivity contribution < 1.29 is 0 Å². The molecule has 12 aromatic rings. The van der Waals surface area contributed by atoms with E-state index >= 15 is 0 Å². The average Bonchev–Trinajstić information content (AvgIpc) is 3.68. The van der Waals surface area contributed by atoms with Gasteiger partial charge in [0, 0.05) is 32.8 Å². The van der Waals surface area contributed by atoms with Crippen LogP contribution < -0.4 is 0 Å². The molecule has 3 heteroatoms. The molecule has 2 aromatic heterocycles. The van der Waals surface area contributed by atoms with Crippen molar-refractivity contribution in [2.24, 2.45) is 0 Å². The van der Waals surface area contributed by atoms with Crippen LogP contribution in [0.1, 0.15) is 0 Å². The first-order valence-corrected chi connectivity index (χ1v) is 20.8. The molecule has 3 nitrogen and oxygen atoms in total. The number of nitrogens with zero attached hydrogens (tertiary/aromatic N) is 3. The van der Waals surface area contributed by atoms with Gasteiger partial charge in [-0.25, -0.2) is 4.98 Å². The number of aromatic nitrogens is 3. The molecule has 0 spiro atoms. The summed E-state index contributed by atoms with van der Waals surface area (Å²) in [5.74, 6) is 0. The Morgan fingerprint density at radius 1 is 0.279 bits per heavy atom. The summed E-state index contributed by atoms with van der Waals surface area (Å²) < 4.78 is 2.37. The quantitative estimate of drug-likeness (QED) is 0.158. The highest BCUT2D eigenvalue weighted by atomic mass is 15.0. The highest BCUT2D eigenvalue weighted by Crippen LogP contribution is 2.38. The summed E-state index contributed by atoms with van der Waals surface area (Å²) in [5.41, 5.74) is 16.8. The molecule has 2 heterocycles. The van der Waals surface area contributed by atoms with E-state index in [0.717, 1.165) is 44.2 Å². The summed E-state index contributed by atoms with van der Waals surface area (Å²) in [5, 5.41) is 7.15. The fourth-order valence-corrected chi connectivity index (χ4v) is 9.26. The van der Waals surface area contributed by atoms with Crippen molar-refractivity contribution in [3.63, 3.8) is 0 Å². The molecule has 0 aliphatic heterocycles. The molecule has 0 saturated carbocycles. The standard InChI is InChI=1S/C58H37N3/c1-2-22-47(23-3-1)61-55-29-9-8-26-50(55)53-36-45(30-31-56(53)61)43-19-12-17-41(34-43)39-15-10-14-38(32-39)40-16-11-18-42(33-40)44-20-13-21-46(35-44)54-37-59-57-51-27-6-4-24-48(51)49-25-5-7-28-52(49)58(57)60-54/h1-37H. The van der Waals surface area contributed by atoms with Crippen molar-refractivity contribution in [3.8, 4) is 61.5 Å². The van der Waals surface area contributed by atoms with E-state index in [1.165, 1.54) is 71.6 Å². The summed E-state index contributed by atoms with van der Waals surface area (Å²) >= 11 is 0. The van der Waals surface area contributed by atoms with Crippen LogP contribution in [-0.4, -0.2) is 14.5 Å².